The average Bonchev–Trinajstić information content (AvgIpc) is 2.97. The van der Waals surface area contributed by atoms with Crippen molar-refractivity contribution in [3.63, 3.8) is 0 Å². The highest BCUT2D eigenvalue weighted by molar-refractivity contribution is 6.30. The molecule has 124 valence electrons. The molecule has 3 rings (SSSR count). The standard InChI is InChI=1S/C16H23ClN6/c1-5-10-7-23(15-13(10)14(17)19-16(18)20-15)8-11-9(3)12(6-2)22(4)21-11/h10H,5-8H2,1-4H3,(H2,18,19,20). The van der Waals surface area contributed by atoms with Crippen LogP contribution < -0.4 is 10.6 Å². The van der Waals surface area contributed by atoms with Crippen molar-refractivity contribution < 1.29 is 0 Å². The van der Waals surface area contributed by atoms with E-state index in [0.717, 1.165) is 43.0 Å². The van der Waals surface area contributed by atoms with E-state index in [1.165, 1.54) is 11.3 Å². The van der Waals surface area contributed by atoms with E-state index in [4.69, 9.17) is 17.3 Å². The highest BCUT2D eigenvalue weighted by Crippen LogP contribution is 2.41. The number of fused-ring (bicyclic) bond motifs is 1. The van der Waals surface area contributed by atoms with Crippen LogP contribution in [0.4, 0.5) is 11.8 Å². The minimum atomic E-state index is 0.225. The van der Waals surface area contributed by atoms with Gasteiger partial charge in [-0.1, -0.05) is 25.4 Å². The lowest BCUT2D eigenvalue weighted by Crippen LogP contribution is -2.23. The number of aromatic nitrogens is 4. The van der Waals surface area contributed by atoms with Crippen LogP contribution in [0.3, 0.4) is 0 Å². The summed E-state index contributed by atoms with van der Waals surface area (Å²) in [5.41, 5.74) is 10.4. The van der Waals surface area contributed by atoms with Crippen LogP contribution in [0, 0.1) is 6.92 Å². The zero-order chi connectivity index (χ0) is 16.7. The molecule has 0 radical (unpaired) electrons. The number of nitrogens with zero attached hydrogens (tertiary/aromatic N) is 5. The zero-order valence-corrected chi connectivity index (χ0v) is 14.9. The van der Waals surface area contributed by atoms with E-state index in [9.17, 15) is 0 Å². The molecule has 7 heteroatoms. The van der Waals surface area contributed by atoms with Crippen molar-refractivity contribution in [3.05, 3.63) is 27.7 Å². The molecule has 0 saturated heterocycles. The van der Waals surface area contributed by atoms with E-state index in [-0.39, 0.29) is 5.95 Å². The molecule has 0 bridgehead atoms. The van der Waals surface area contributed by atoms with Crippen LogP contribution in [0.15, 0.2) is 0 Å². The van der Waals surface area contributed by atoms with Crippen molar-refractivity contribution in [2.24, 2.45) is 7.05 Å². The first kappa shape index (κ1) is 16.1. The number of nitrogens with two attached hydrogens (primary N) is 1. The first-order valence-electron chi connectivity index (χ1n) is 8.05. The van der Waals surface area contributed by atoms with Gasteiger partial charge >= 0.3 is 0 Å². The van der Waals surface area contributed by atoms with E-state index in [0.29, 0.717) is 11.1 Å². The van der Waals surface area contributed by atoms with Gasteiger partial charge < -0.3 is 10.6 Å². The molecule has 2 aromatic heterocycles. The third-order valence-corrected chi connectivity index (χ3v) is 5.03. The Morgan fingerprint density at radius 1 is 1.30 bits per heavy atom. The lowest BCUT2D eigenvalue weighted by molar-refractivity contribution is 0.654. The van der Waals surface area contributed by atoms with E-state index in [1.807, 2.05) is 11.7 Å². The zero-order valence-electron chi connectivity index (χ0n) is 14.1. The molecular formula is C16H23ClN6. The number of nitrogen functional groups attached to an aromatic ring is 1. The Morgan fingerprint density at radius 2 is 2.04 bits per heavy atom. The van der Waals surface area contributed by atoms with Crippen molar-refractivity contribution in [2.45, 2.75) is 46.1 Å². The van der Waals surface area contributed by atoms with Crippen molar-refractivity contribution in [2.75, 3.05) is 17.2 Å². The quantitative estimate of drug-likeness (QED) is 0.870. The van der Waals surface area contributed by atoms with E-state index >= 15 is 0 Å². The first-order chi connectivity index (χ1) is 11.0. The van der Waals surface area contributed by atoms with Gasteiger partial charge in [0.05, 0.1) is 12.2 Å². The Hall–Kier alpha value is -1.82. The van der Waals surface area contributed by atoms with Crippen LogP contribution in [0.25, 0.3) is 0 Å². The van der Waals surface area contributed by atoms with Gasteiger partial charge in [-0.3, -0.25) is 4.68 Å². The van der Waals surface area contributed by atoms with Crippen molar-refractivity contribution in [1.82, 2.24) is 19.7 Å². The maximum Gasteiger partial charge on any atom is 0.223 e. The highest BCUT2D eigenvalue weighted by atomic mass is 35.5. The van der Waals surface area contributed by atoms with E-state index in [1.54, 1.807) is 0 Å². The second-order valence-corrected chi connectivity index (χ2v) is 6.45. The Bertz CT molecular complexity index is 739. The normalized spacial score (nSPS) is 16.9. The van der Waals surface area contributed by atoms with Crippen LogP contribution >= 0.6 is 11.6 Å². The maximum atomic E-state index is 6.32. The minimum absolute atomic E-state index is 0.225. The summed E-state index contributed by atoms with van der Waals surface area (Å²) in [5, 5.41) is 5.16. The predicted octanol–water partition coefficient (Wildman–Crippen LogP) is 2.83. The van der Waals surface area contributed by atoms with Crippen LogP contribution in [0.5, 0.6) is 0 Å². The van der Waals surface area contributed by atoms with Gasteiger partial charge in [0.15, 0.2) is 0 Å². The summed E-state index contributed by atoms with van der Waals surface area (Å²) in [4.78, 5) is 10.8. The fourth-order valence-electron chi connectivity index (χ4n) is 3.51. The third-order valence-electron chi connectivity index (χ3n) is 4.74. The molecule has 0 spiro atoms. The molecule has 6 nitrogen and oxygen atoms in total. The minimum Gasteiger partial charge on any atom is -0.368 e. The molecule has 1 unspecified atom stereocenters. The SMILES string of the molecule is CCc1c(C)c(CN2CC(CC)c3c(Cl)nc(N)nc32)nn1C. The predicted molar refractivity (Wildman–Crippen MR) is 92.9 cm³/mol. The van der Waals surface area contributed by atoms with Gasteiger partial charge in [0, 0.05) is 30.8 Å². The molecule has 0 amide bonds. The van der Waals surface area contributed by atoms with Crippen molar-refractivity contribution in [1.29, 1.82) is 0 Å². The molecule has 0 saturated carbocycles. The number of rotatable bonds is 4. The third kappa shape index (κ3) is 2.65. The number of aryl methyl sites for hydroxylation is 1. The van der Waals surface area contributed by atoms with Crippen LogP contribution in [0.1, 0.15) is 48.7 Å². The topological polar surface area (TPSA) is 72.9 Å². The number of hydrogen-bond donors (Lipinski definition) is 1. The summed E-state index contributed by atoms with van der Waals surface area (Å²) in [6.45, 7) is 8.04. The summed E-state index contributed by atoms with van der Waals surface area (Å²) in [5.74, 6) is 1.42. The second kappa shape index (κ2) is 6.00. The molecule has 0 fully saturated rings. The van der Waals surface area contributed by atoms with Crippen molar-refractivity contribution >= 4 is 23.4 Å². The molecule has 2 N–H and O–H groups in total. The fraction of sp³-hybridized carbons (Fsp3) is 0.562. The molecule has 1 atom stereocenters. The number of halogens is 1. The van der Waals surface area contributed by atoms with Gasteiger partial charge in [0.1, 0.15) is 11.0 Å². The summed E-state index contributed by atoms with van der Waals surface area (Å²) in [6, 6.07) is 0. The molecule has 3 heterocycles. The highest BCUT2D eigenvalue weighted by Gasteiger charge is 2.33. The molecule has 23 heavy (non-hydrogen) atoms. The van der Waals surface area contributed by atoms with Gasteiger partial charge in [-0.25, -0.2) is 4.98 Å². The molecule has 0 aromatic carbocycles. The summed E-state index contributed by atoms with van der Waals surface area (Å²) >= 11 is 6.32. The monoisotopic (exact) mass is 334 g/mol. The number of anilines is 2. The van der Waals surface area contributed by atoms with Crippen LogP contribution in [0.2, 0.25) is 5.15 Å². The van der Waals surface area contributed by atoms with Crippen LogP contribution in [-0.4, -0.2) is 26.3 Å². The molecular weight excluding hydrogens is 312 g/mol. The fourth-order valence-corrected chi connectivity index (χ4v) is 3.83. The summed E-state index contributed by atoms with van der Waals surface area (Å²) < 4.78 is 1.97. The first-order valence-corrected chi connectivity index (χ1v) is 8.43. The van der Waals surface area contributed by atoms with E-state index < -0.39 is 0 Å². The Balaban J connectivity index is 1.98. The Morgan fingerprint density at radius 3 is 2.65 bits per heavy atom. The summed E-state index contributed by atoms with van der Waals surface area (Å²) in [7, 11) is 2.00. The van der Waals surface area contributed by atoms with Gasteiger partial charge in [0.25, 0.3) is 0 Å². The molecule has 1 aliphatic heterocycles. The average molecular weight is 335 g/mol. The lowest BCUT2D eigenvalue weighted by atomic mass is 10.0. The maximum absolute atomic E-state index is 6.32. The van der Waals surface area contributed by atoms with E-state index in [2.05, 4.69) is 40.7 Å². The summed E-state index contributed by atoms with van der Waals surface area (Å²) in [6.07, 6.45) is 1.97. The van der Waals surface area contributed by atoms with Gasteiger partial charge in [-0.05, 0) is 25.3 Å². The van der Waals surface area contributed by atoms with Crippen LogP contribution in [-0.2, 0) is 20.0 Å². The molecule has 2 aromatic rings. The molecule has 0 aliphatic carbocycles. The van der Waals surface area contributed by atoms with Gasteiger partial charge in [-0.2, -0.15) is 10.1 Å². The van der Waals surface area contributed by atoms with Crippen molar-refractivity contribution in [3.8, 4) is 0 Å². The molecule has 1 aliphatic rings. The van der Waals surface area contributed by atoms with Gasteiger partial charge in [0.2, 0.25) is 5.95 Å². The number of hydrogen-bond acceptors (Lipinski definition) is 5. The smallest absolute Gasteiger partial charge is 0.223 e. The largest absolute Gasteiger partial charge is 0.368 e. The second-order valence-electron chi connectivity index (χ2n) is 6.09. The van der Waals surface area contributed by atoms with Gasteiger partial charge in [-0.15, -0.1) is 0 Å². The Kier molecular flexibility index (Phi) is 4.19. The lowest BCUT2D eigenvalue weighted by Gasteiger charge is -2.18. The Labute approximate surface area is 141 Å².